The highest BCUT2D eigenvalue weighted by molar-refractivity contribution is 6.13. The maximum absolute atomic E-state index is 14.0. The third-order valence-electron chi connectivity index (χ3n) is 13.5. The van der Waals surface area contributed by atoms with Crippen LogP contribution in [0.3, 0.4) is 0 Å². The summed E-state index contributed by atoms with van der Waals surface area (Å²) in [4.78, 5) is 26.5. The molecule has 0 radical (unpaired) electrons. The summed E-state index contributed by atoms with van der Waals surface area (Å²) in [6, 6.07) is 1.72. The van der Waals surface area contributed by atoms with E-state index in [1.54, 1.807) is 19.9 Å². The van der Waals surface area contributed by atoms with E-state index in [1.807, 2.05) is 0 Å². The van der Waals surface area contributed by atoms with Crippen molar-refractivity contribution in [1.29, 1.82) is 0 Å². The smallest absolute Gasteiger partial charge is 0.279 e. The number of hydrogen-bond donors (Lipinski definition) is 6. The molecule has 9 rings (SSSR count). The van der Waals surface area contributed by atoms with Gasteiger partial charge in [-0.05, 0) is 46.2 Å². The number of aryl methyl sites for hydroxylation is 1. The number of carbonyl (C=O) groups is 2. The van der Waals surface area contributed by atoms with Crippen LogP contribution in [-0.4, -0.2) is 154 Å². The Hall–Kier alpha value is -3.12. The van der Waals surface area contributed by atoms with Gasteiger partial charge in [0.05, 0.1) is 54.7 Å². The molecule has 4 unspecified atom stereocenters. The lowest BCUT2D eigenvalue weighted by atomic mass is 9.77. The number of benzene rings is 2. The van der Waals surface area contributed by atoms with Crippen molar-refractivity contribution < 1.29 is 92.3 Å². The molecular formula is C40H50O19. The number of phenolic OH excluding ortho intramolecular Hbond substituents is 1. The van der Waals surface area contributed by atoms with Crippen molar-refractivity contribution in [2.75, 3.05) is 27.9 Å². The summed E-state index contributed by atoms with van der Waals surface area (Å²) >= 11 is 0. The van der Waals surface area contributed by atoms with Crippen LogP contribution in [0.15, 0.2) is 6.07 Å². The molecule has 6 N–H and O–H groups in total. The Morgan fingerprint density at radius 1 is 1.00 bits per heavy atom. The number of Topliss-reactive ketones (excluding diaryl/α,β-unsaturated/α-hetero) is 2. The molecule has 19 nitrogen and oxygen atoms in total. The lowest BCUT2D eigenvalue weighted by Crippen LogP contribution is -2.72. The van der Waals surface area contributed by atoms with Crippen LogP contribution in [0.5, 0.6) is 17.2 Å². The van der Waals surface area contributed by atoms with Crippen LogP contribution in [0.4, 0.5) is 0 Å². The van der Waals surface area contributed by atoms with Gasteiger partial charge in [-0.1, -0.05) is 0 Å². The molecule has 7 aliphatic rings. The standard InChI is InChI=1S/C40H50O19/c1-14-9-18-25(29(45)27-26(30(18)49-6)20(10-19(42)28(27)44)55-23-12-36(5,47)33(46)15(2)53-23)31-24(14)32-34-39(57-31,37(13-52-37)40(58-32,59-34)35(50-7)51-8)56-22-11-21(43)38(48,16(3)41)17(4)54-22/h9,15,17,19-23,32-35,42-43,45-48H,10-13H2,1-8H3/t15?,17?,19-,20-,21?,22-,23-,32-,33+,34-,36?,37-,38+,39+,40-/m0/s1. The van der Waals surface area contributed by atoms with Gasteiger partial charge in [0.1, 0.15) is 35.6 Å². The minimum Gasteiger partial charge on any atom is -0.506 e. The lowest BCUT2D eigenvalue weighted by Gasteiger charge is -2.52. The van der Waals surface area contributed by atoms with Crippen LogP contribution in [-0.2, 0) is 47.4 Å². The molecule has 6 heterocycles. The number of methoxy groups -OCH3 is 3. The van der Waals surface area contributed by atoms with Crippen LogP contribution in [0.1, 0.15) is 86.2 Å². The Morgan fingerprint density at radius 2 is 1.69 bits per heavy atom. The Morgan fingerprint density at radius 3 is 2.29 bits per heavy atom. The molecule has 15 atom stereocenters. The zero-order valence-electron chi connectivity index (χ0n) is 33.7. The van der Waals surface area contributed by atoms with E-state index in [2.05, 4.69) is 0 Å². The number of aliphatic hydroxyl groups is 5. The molecule has 2 bridgehead atoms. The van der Waals surface area contributed by atoms with E-state index in [0.29, 0.717) is 11.1 Å². The monoisotopic (exact) mass is 834 g/mol. The molecule has 0 aromatic heterocycles. The number of ketones is 2. The molecule has 0 saturated carbocycles. The van der Waals surface area contributed by atoms with Gasteiger partial charge < -0.3 is 82.7 Å². The quantitative estimate of drug-likeness (QED) is 0.149. The average molecular weight is 835 g/mol. The predicted molar refractivity (Wildman–Crippen MR) is 194 cm³/mol. The molecule has 59 heavy (non-hydrogen) atoms. The average Bonchev–Trinajstić information content (AvgIpc) is 3.84. The first-order chi connectivity index (χ1) is 27.8. The van der Waals surface area contributed by atoms with Gasteiger partial charge in [-0.15, -0.1) is 0 Å². The number of rotatable bonds is 9. The number of carbonyl (C=O) groups excluding carboxylic acids is 2. The summed E-state index contributed by atoms with van der Waals surface area (Å²) < 4.78 is 69.2. The third-order valence-corrected chi connectivity index (χ3v) is 13.5. The van der Waals surface area contributed by atoms with Crippen molar-refractivity contribution in [3.63, 3.8) is 0 Å². The van der Waals surface area contributed by atoms with Gasteiger partial charge >= 0.3 is 0 Å². The Bertz CT molecular complexity index is 2080. The summed E-state index contributed by atoms with van der Waals surface area (Å²) in [5.74, 6) is -5.82. The van der Waals surface area contributed by atoms with Crippen molar-refractivity contribution in [2.45, 2.75) is 150 Å². The Balaban J connectivity index is 1.21. The van der Waals surface area contributed by atoms with Gasteiger partial charge in [0, 0.05) is 50.0 Å². The topological polar surface area (TPSA) is 260 Å². The zero-order valence-corrected chi connectivity index (χ0v) is 33.7. The van der Waals surface area contributed by atoms with Crippen LogP contribution >= 0.6 is 0 Å². The van der Waals surface area contributed by atoms with Crippen LogP contribution < -0.4 is 9.47 Å². The van der Waals surface area contributed by atoms with E-state index >= 15 is 0 Å². The van der Waals surface area contributed by atoms with Crippen LogP contribution in [0.2, 0.25) is 0 Å². The number of phenols is 1. The number of aliphatic hydroxyl groups excluding tert-OH is 3. The highest BCUT2D eigenvalue weighted by atomic mass is 16.9. The predicted octanol–water partition coefficient (Wildman–Crippen LogP) is 0.590. The number of fused-ring (bicyclic) bond motifs is 8. The van der Waals surface area contributed by atoms with Crippen molar-refractivity contribution in [1.82, 2.24) is 0 Å². The largest absolute Gasteiger partial charge is 0.506 e. The highest BCUT2D eigenvalue weighted by Crippen LogP contribution is 2.72. The van der Waals surface area contributed by atoms with Gasteiger partial charge in [-0.25, -0.2) is 0 Å². The highest BCUT2D eigenvalue weighted by Gasteiger charge is 2.94. The Labute approximate surface area is 337 Å². The van der Waals surface area contributed by atoms with E-state index < -0.39 is 113 Å². The molecule has 5 fully saturated rings. The van der Waals surface area contributed by atoms with Crippen molar-refractivity contribution in [2.24, 2.45) is 0 Å². The van der Waals surface area contributed by atoms with Gasteiger partial charge in [-0.3, -0.25) is 9.59 Å². The number of epoxide rings is 1. The summed E-state index contributed by atoms with van der Waals surface area (Å²) in [7, 11) is 4.16. The van der Waals surface area contributed by atoms with E-state index in [-0.39, 0.29) is 59.3 Å². The van der Waals surface area contributed by atoms with E-state index in [0.717, 1.165) is 6.92 Å². The fourth-order valence-electron chi connectivity index (χ4n) is 10.4. The number of ether oxygens (including phenoxy) is 11. The van der Waals surface area contributed by atoms with Crippen molar-refractivity contribution >= 4 is 22.3 Å². The SMILES string of the molecule is COc1c2c(c(O)c3c4c(c(C)cc13)[C@@H]1O[C@@]3(C(OC)OC)O[C@@H]1[C@@](O[C@H]1CC(O)[C@@](O)(C(C)=O)C(C)O1)(O4)[C@@]31CO1)C(=O)[C@@H](O)C[C@@H]2O[C@H]1CC(C)(O)[C@H](O)C(C)O1. The molecule has 6 aliphatic heterocycles. The van der Waals surface area contributed by atoms with E-state index in [1.165, 1.54) is 35.2 Å². The third kappa shape index (κ3) is 5.26. The second-order valence-corrected chi connectivity index (χ2v) is 16.9. The minimum atomic E-state index is -2.23. The molecular weight excluding hydrogens is 784 g/mol. The molecule has 5 saturated heterocycles. The van der Waals surface area contributed by atoms with Crippen LogP contribution in [0, 0.1) is 6.92 Å². The molecule has 2 aromatic rings. The van der Waals surface area contributed by atoms with E-state index in [9.17, 15) is 40.2 Å². The molecule has 19 heteroatoms. The molecule has 2 aromatic carbocycles. The van der Waals surface area contributed by atoms with Crippen molar-refractivity contribution in [3.05, 3.63) is 28.3 Å². The summed E-state index contributed by atoms with van der Waals surface area (Å²) in [6.45, 7) is 7.30. The Kier molecular flexibility index (Phi) is 9.39. The van der Waals surface area contributed by atoms with Crippen molar-refractivity contribution in [3.8, 4) is 17.2 Å². The zero-order chi connectivity index (χ0) is 42.5. The van der Waals surface area contributed by atoms with Gasteiger partial charge in [0.2, 0.25) is 11.9 Å². The molecule has 0 amide bonds. The normalized spacial score (nSPS) is 44.5. The number of hydrogen-bond acceptors (Lipinski definition) is 19. The minimum absolute atomic E-state index is 0.00957. The maximum atomic E-state index is 14.0. The first-order valence-electron chi connectivity index (χ1n) is 19.6. The molecule has 324 valence electrons. The summed E-state index contributed by atoms with van der Waals surface area (Å²) in [5.41, 5.74) is -4.66. The fourth-order valence-corrected chi connectivity index (χ4v) is 10.4. The van der Waals surface area contributed by atoms with Gasteiger partial charge in [0.25, 0.3) is 11.6 Å². The fraction of sp³-hybridized carbons (Fsp3) is 0.700. The van der Waals surface area contributed by atoms with Crippen LogP contribution in [0.25, 0.3) is 10.8 Å². The van der Waals surface area contributed by atoms with E-state index in [4.69, 9.17) is 52.1 Å². The second-order valence-electron chi connectivity index (χ2n) is 16.9. The first kappa shape index (κ1) is 41.2. The van der Waals surface area contributed by atoms with Gasteiger partial charge in [0.15, 0.2) is 35.9 Å². The lowest BCUT2D eigenvalue weighted by molar-refractivity contribution is -0.385. The molecule has 1 aliphatic carbocycles. The second kappa shape index (κ2) is 13.4. The number of aromatic hydroxyl groups is 1. The first-order valence-corrected chi connectivity index (χ1v) is 19.6. The summed E-state index contributed by atoms with van der Waals surface area (Å²) in [5, 5.41) is 67.6. The molecule has 1 spiro atoms. The van der Waals surface area contributed by atoms with Gasteiger partial charge in [-0.2, -0.15) is 0 Å². The summed E-state index contributed by atoms with van der Waals surface area (Å²) in [6.07, 6.45) is -14.2. The maximum Gasteiger partial charge on any atom is 0.279 e.